The lowest BCUT2D eigenvalue weighted by Gasteiger charge is -2.32. The summed E-state index contributed by atoms with van der Waals surface area (Å²) in [6, 6.07) is 3.86. The van der Waals surface area contributed by atoms with Gasteiger partial charge in [0, 0.05) is 18.8 Å². The van der Waals surface area contributed by atoms with Crippen LogP contribution in [0, 0.1) is 0 Å². The third kappa shape index (κ3) is 3.91. The summed E-state index contributed by atoms with van der Waals surface area (Å²) in [5.74, 6) is 0. The summed E-state index contributed by atoms with van der Waals surface area (Å²) in [4.78, 5) is 6.34. The molecule has 0 saturated carbocycles. The largest absolute Gasteiger partial charge is 0.382 e. The maximum absolute atomic E-state index is 11.3. The summed E-state index contributed by atoms with van der Waals surface area (Å²) in [6.07, 6.45) is 6.51. The van der Waals surface area contributed by atoms with Gasteiger partial charge in [0.05, 0.1) is 11.9 Å². The van der Waals surface area contributed by atoms with Gasteiger partial charge in [-0.3, -0.25) is 0 Å². The van der Waals surface area contributed by atoms with Gasteiger partial charge in [0.15, 0.2) is 14.9 Å². The van der Waals surface area contributed by atoms with E-state index >= 15 is 0 Å². The molecule has 0 amide bonds. The van der Waals surface area contributed by atoms with E-state index in [9.17, 15) is 8.42 Å². The van der Waals surface area contributed by atoms with Crippen molar-refractivity contribution < 1.29 is 8.42 Å². The Kier molecular flexibility index (Phi) is 4.42. The second-order valence-corrected chi connectivity index (χ2v) is 7.13. The maximum Gasteiger partial charge on any atom is 0.192 e. The molecule has 19 heavy (non-hydrogen) atoms. The highest BCUT2D eigenvalue weighted by molar-refractivity contribution is 7.90. The van der Waals surface area contributed by atoms with Gasteiger partial charge in [-0.25, -0.2) is 13.4 Å². The minimum atomic E-state index is -3.21. The average molecular weight is 283 g/mol. The van der Waals surface area contributed by atoms with Crippen molar-refractivity contribution in [3.8, 4) is 0 Å². The van der Waals surface area contributed by atoms with Crippen molar-refractivity contribution in [1.29, 1.82) is 0 Å². The Morgan fingerprint density at radius 1 is 1.42 bits per heavy atom. The lowest BCUT2D eigenvalue weighted by Crippen LogP contribution is -2.40. The number of nitrogens with one attached hydrogen (secondary N) is 1. The number of hydrogen-bond acceptors (Lipinski definition) is 5. The van der Waals surface area contributed by atoms with Crippen LogP contribution in [0.5, 0.6) is 0 Å². The summed E-state index contributed by atoms with van der Waals surface area (Å²) in [5, 5.41) is 3.44. The van der Waals surface area contributed by atoms with Gasteiger partial charge in [-0.1, -0.05) is 6.42 Å². The molecule has 1 aromatic heterocycles. The first-order chi connectivity index (χ1) is 8.97. The molecule has 0 aromatic carbocycles. The van der Waals surface area contributed by atoms with Gasteiger partial charge in [0.25, 0.3) is 0 Å². The summed E-state index contributed by atoms with van der Waals surface area (Å²) in [5.41, 5.74) is 0.867. The van der Waals surface area contributed by atoms with Crippen LogP contribution in [0.2, 0.25) is 0 Å². The van der Waals surface area contributed by atoms with E-state index in [4.69, 9.17) is 0 Å². The van der Waals surface area contributed by atoms with Crippen molar-refractivity contribution in [3.63, 3.8) is 0 Å². The van der Waals surface area contributed by atoms with Gasteiger partial charge < -0.3 is 10.2 Å². The Hall–Kier alpha value is -1.14. The van der Waals surface area contributed by atoms with Crippen LogP contribution in [0.3, 0.4) is 0 Å². The molecule has 1 N–H and O–H groups in total. The van der Waals surface area contributed by atoms with Crippen LogP contribution in [-0.2, 0) is 9.84 Å². The summed E-state index contributed by atoms with van der Waals surface area (Å²) < 4.78 is 22.6. The molecule has 1 aliphatic rings. The molecular weight excluding hydrogens is 262 g/mol. The number of aromatic nitrogens is 1. The lowest BCUT2D eigenvalue weighted by atomic mass is 10.0. The Bertz CT molecular complexity index is 513. The fourth-order valence-corrected chi connectivity index (χ4v) is 2.90. The van der Waals surface area contributed by atoms with Gasteiger partial charge in [-0.2, -0.15) is 0 Å². The predicted octanol–water partition coefficient (Wildman–Crippen LogP) is 1.38. The SMILES string of the molecule is CN1CCCCC1CNc1ccc(S(C)(=O)=O)nc1. The average Bonchev–Trinajstić information content (AvgIpc) is 2.37. The van der Waals surface area contributed by atoms with Gasteiger partial charge in [-0.05, 0) is 38.6 Å². The highest BCUT2D eigenvalue weighted by Gasteiger charge is 2.18. The number of nitrogens with zero attached hydrogens (tertiary/aromatic N) is 2. The van der Waals surface area contributed by atoms with Crippen LogP contribution >= 0.6 is 0 Å². The quantitative estimate of drug-likeness (QED) is 0.904. The van der Waals surface area contributed by atoms with E-state index in [1.807, 2.05) is 0 Å². The highest BCUT2D eigenvalue weighted by Crippen LogP contribution is 2.16. The molecule has 1 atom stereocenters. The minimum absolute atomic E-state index is 0.118. The Balaban J connectivity index is 1.93. The highest BCUT2D eigenvalue weighted by atomic mass is 32.2. The molecule has 5 nitrogen and oxygen atoms in total. The third-order valence-corrected chi connectivity index (χ3v) is 4.58. The second-order valence-electron chi connectivity index (χ2n) is 5.17. The lowest BCUT2D eigenvalue weighted by molar-refractivity contribution is 0.194. The topological polar surface area (TPSA) is 62.3 Å². The molecule has 1 aromatic rings. The molecule has 1 fully saturated rings. The zero-order valence-corrected chi connectivity index (χ0v) is 12.3. The van der Waals surface area contributed by atoms with Crippen molar-refractivity contribution >= 4 is 15.5 Å². The number of likely N-dealkylation sites (N-methyl/N-ethyl adjacent to an activating group) is 1. The van der Waals surface area contributed by atoms with Crippen LogP contribution in [0.4, 0.5) is 5.69 Å². The fourth-order valence-electron chi connectivity index (χ4n) is 2.34. The monoisotopic (exact) mass is 283 g/mol. The Morgan fingerprint density at radius 2 is 2.21 bits per heavy atom. The molecule has 0 aliphatic carbocycles. The van der Waals surface area contributed by atoms with Crippen LogP contribution < -0.4 is 5.32 Å². The second kappa shape index (κ2) is 5.88. The van der Waals surface area contributed by atoms with Crippen molar-refractivity contribution in [2.24, 2.45) is 0 Å². The number of hydrogen-bond donors (Lipinski definition) is 1. The fraction of sp³-hybridized carbons (Fsp3) is 0.615. The summed E-state index contributed by atoms with van der Waals surface area (Å²) in [6.45, 7) is 2.02. The molecule has 1 unspecified atom stereocenters. The number of rotatable bonds is 4. The van der Waals surface area contributed by atoms with Crippen molar-refractivity contribution in [2.45, 2.75) is 30.3 Å². The van der Waals surface area contributed by atoms with Crippen LogP contribution in [0.15, 0.2) is 23.4 Å². The number of pyridine rings is 1. The molecule has 0 spiro atoms. The molecule has 0 radical (unpaired) electrons. The molecule has 2 heterocycles. The summed E-state index contributed by atoms with van der Waals surface area (Å²) in [7, 11) is -1.06. The van der Waals surface area contributed by atoms with Crippen LogP contribution in [0.1, 0.15) is 19.3 Å². The smallest absolute Gasteiger partial charge is 0.192 e. The molecular formula is C13H21N3O2S. The van der Waals surface area contributed by atoms with Gasteiger partial charge >= 0.3 is 0 Å². The first-order valence-electron chi connectivity index (χ1n) is 6.57. The molecule has 2 rings (SSSR count). The number of sulfone groups is 1. The standard InChI is InChI=1S/C13H21N3O2S/c1-16-8-4-3-5-12(16)10-14-11-6-7-13(15-9-11)19(2,17)18/h6-7,9,12,14H,3-5,8,10H2,1-2H3. The van der Waals surface area contributed by atoms with E-state index in [2.05, 4.69) is 22.2 Å². The van der Waals surface area contributed by atoms with Crippen molar-refractivity contribution in [2.75, 3.05) is 31.7 Å². The van der Waals surface area contributed by atoms with Crippen molar-refractivity contribution in [1.82, 2.24) is 9.88 Å². The normalized spacial score (nSPS) is 21.3. The maximum atomic E-state index is 11.3. The van der Waals surface area contributed by atoms with E-state index in [0.29, 0.717) is 6.04 Å². The third-order valence-electron chi connectivity index (χ3n) is 3.58. The van der Waals surface area contributed by atoms with Gasteiger partial charge in [-0.15, -0.1) is 0 Å². The Labute approximate surface area is 114 Å². The molecule has 6 heteroatoms. The van der Waals surface area contributed by atoms with Gasteiger partial charge in [0.2, 0.25) is 0 Å². The van der Waals surface area contributed by atoms with Crippen LogP contribution in [-0.4, -0.2) is 50.7 Å². The zero-order valence-electron chi connectivity index (χ0n) is 11.5. The number of piperidine rings is 1. The summed E-state index contributed by atoms with van der Waals surface area (Å²) >= 11 is 0. The van der Waals surface area contributed by atoms with E-state index in [1.165, 1.54) is 25.5 Å². The van der Waals surface area contributed by atoms with E-state index in [0.717, 1.165) is 18.8 Å². The van der Waals surface area contributed by atoms with E-state index < -0.39 is 9.84 Å². The minimum Gasteiger partial charge on any atom is -0.382 e. The zero-order chi connectivity index (χ0) is 13.9. The van der Waals surface area contributed by atoms with Crippen molar-refractivity contribution in [3.05, 3.63) is 18.3 Å². The first-order valence-corrected chi connectivity index (χ1v) is 8.46. The molecule has 0 bridgehead atoms. The van der Waals surface area contributed by atoms with E-state index in [-0.39, 0.29) is 5.03 Å². The van der Waals surface area contributed by atoms with Gasteiger partial charge in [0.1, 0.15) is 0 Å². The number of likely N-dealkylation sites (tertiary alicyclic amines) is 1. The predicted molar refractivity (Wildman–Crippen MR) is 76.1 cm³/mol. The molecule has 106 valence electrons. The number of anilines is 1. The van der Waals surface area contributed by atoms with E-state index in [1.54, 1.807) is 18.3 Å². The molecule has 1 saturated heterocycles. The first kappa shape index (κ1) is 14.3. The Morgan fingerprint density at radius 3 is 2.79 bits per heavy atom. The van der Waals surface area contributed by atoms with Crippen LogP contribution in [0.25, 0.3) is 0 Å². The molecule has 1 aliphatic heterocycles.